The second-order valence-corrected chi connectivity index (χ2v) is 5.61. The quantitative estimate of drug-likeness (QED) is 0.906. The topological polar surface area (TPSA) is 56.2 Å². The van der Waals surface area contributed by atoms with E-state index in [1.54, 1.807) is 6.20 Å². The van der Waals surface area contributed by atoms with Crippen molar-refractivity contribution < 1.29 is 9.53 Å². The summed E-state index contributed by atoms with van der Waals surface area (Å²) in [4.78, 5) is 12.2. The Labute approximate surface area is 113 Å². The highest BCUT2D eigenvalue weighted by Crippen LogP contribution is 2.40. The van der Waals surface area contributed by atoms with Crippen molar-refractivity contribution in [2.75, 3.05) is 18.5 Å². The summed E-state index contributed by atoms with van der Waals surface area (Å²) >= 11 is 0. The lowest BCUT2D eigenvalue weighted by molar-refractivity contribution is -0.122. The van der Waals surface area contributed by atoms with Crippen molar-refractivity contribution in [3.63, 3.8) is 0 Å². The van der Waals surface area contributed by atoms with Crippen molar-refractivity contribution in [2.24, 2.45) is 11.8 Å². The van der Waals surface area contributed by atoms with Crippen LogP contribution in [0.3, 0.4) is 0 Å². The third kappa shape index (κ3) is 2.81. The number of hydrogen-bond acceptors (Lipinski definition) is 3. The molecule has 1 amide bonds. The predicted molar refractivity (Wildman–Crippen MR) is 71.8 cm³/mol. The molecule has 1 atom stereocenters. The lowest BCUT2D eigenvalue weighted by Crippen LogP contribution is -2.29. The Hall–Kier alpha value is -1.36. The standard InChI is InChI=1S/C14H21N3O2/c1-10(11-2-3-11)17-13(4-7-15-17)16-14(18)12-5-8-19-9-6-12/h4,7,10-12H,2-3,5-6,8-9H2,1H3,(H,16,18). The molecule has 1 saturated carbocycles. The molecule has 0 bridgehead atoms. The van der Waals surface area contributed by atoms with Crippen molar-refractivity contribution in [3.05, 3.63) is 12.3 Å². The minimum Gasteiger partial charge on any atom is -0.381 e. The van der Waals surface area contributed by atoms with Gasteiger partial charge in [0.25, 0.3) is 0 Å². The van der Waals surface area contributed by atoms with E-state index in [1.807, 2.05) is 10.7 Å². The molecule has 1 aromatic heterocycles. The third-order valence-electron chi connectivity index (χ3n) is 4.20. The van der Waals surface area contributed by atoms with Gasteiger partial charge in [-0.25, -0.2) is 4.68 Å². The Kier molecular flexibility index (Phi) is 3.55. The van der Waals surface area contributed by atoms with Crippen LogP contribution in [-0.2, 0) is 9.53 Å². The average molecular weight is 263 g/mol. The van der Waals surface area contributed by atoms with Crippen LogP contribution < -0.4 is 5.32 Å². The van der Waals surface area contributed by atoms with Crippen LogP contribution in [0.15, 0.2) is 12.3 Å². The predicted octanol–water partition coefficient (Wildman–Crippen LogP) is 2.22. The summed E-state index contributed by atoms with van der Waals surface area (Å²) in [5.41, 5.74) is 0. The Morgan fingerprint density at radius 1 is 1.42 bits per heavy atom. The maximum Gasteiger partial charge on any atom is 0.228 e. The van der Waals surface area contributed by atoms with Gasteiger partial charge in [-0.2, -0.15) is 5.10 Å². The van der Waals surface area contributed by atoms with Crippen molar-refractivity contribution >= 4 is 11.7 Å². The van der Waals surface area contributed by atoms with Gasteiger partial charge in [0.05, 0.1) is 12.2 Å². The maximum atomic E-state index is 12.2. The van der Waals surface area contributed by atoms with Gasteiger partial charge in [-0.15, -0.1) is 0 Å². The van der Waals surface area contributed by atoms with Crippen molar-refractivity contribution in [3.8, 4) is 0 Å². The fourth-order valence-corrected chi connectivity index (χ4v) is 2.70. The molecule has 1 aliphatic carbocycles. The Morgan fingerprint density at radius 3 is 2.84 bits per heavy atom. The molecule has 2 fully saturated rings. The Balaban J connectivity index is 1.65. The van der Waals surface area contributed by atoms with Crippen LogP contribution in [0.1, 0.15) is 38.6 Å². The minimum absolute atomic E-state index is 0.0772. The summed E-state index contributed by atoms with van der Waals surface area (Å²) in [7, 11) is 0. The molecule has 19 heavy (non-hydrogen) atoms. The zero-order valence-corrected chi connectivity index (χ0v) is 11.3. The first kappa shape index (κ1) is 12.7. The lowest BCUT2D eigenvalue weighted by Gasteiger charge is -2.22. The molecule has 2 heterocycles. The molecule has 104 valence electrons. The molecule has 1 aliphatic heterocycles. The second-order valence-electron chi connectivity index (χ2n) is 5.61. The molecule has 5 heteroatoms. The van der Waals surface area contributed by atoms with Gasteiger partial charge in [0.15, 0.2) is 0 Å². The van der Waals surface area contributed by atoms with E-state index in [-0.39, 0.29) is 11.8 Å². The largest absolute Gasteiger partial charge is 0.381 e. The SMILES string of the molecule is CC(C1CC1)n1nccc1NC(=O)C1CCOCC1. The number of hydrogen-bond donors (Lipinski definition) is 1. The van der Waals surface area contributed by atoms with Gasteiger partial charge in [0, 0.05) is 25.2 Å². The first-order valence-electron chi connectivity index (χ1n) is 7.18. The van der Waals surface area contributed by atoms with Crippen molar-refractivity contribution in [2.45, 2.75) is 38.6 Å². The molecule has 1 aromatic rings. The van der Waals surface area contributed by atoms with Gasteiger partial charge in [0.1, 0.15) is 5.82 Å². The van der Waals surface area contributed by atoms with Crippen LogP contribution in [0.2, 0.25) is 0 Å². The highest BCUT2D eigenvalue weighted by atomic mass is 16.5. The highest BCUT2D eigenvalue weighted by molar-refractivity contribution is 5.91. The molecular formula is C14H21N3O2. The number of rotatable bonds is 4. The van der Waals surface area contributed by atoms with Crippen molar-refractivity contribution in [1.29, 1.82) is 0 Å². The molecular weight excluding hydrogens is 242 g/mol. The number of carbonyl (C=O) groups is 1. The Morgan fingerprint density at radius 2 is 2.16 bits per heavy atom. The van der Waals surface area contributed by atoms with Crippen LogP contribution in [0, 0.1) is 11.8 Å². The minimum atomic E-state index is 0.0772. The van der Waals surface area contributed by atoms with Crippen molar-refractivity contribution in [1.82, 2.24) is 9.78 Å². The first-order valence-corrected chi connectivity index (χ1v) is 7.18. The molecule has 0 aromatic carbocycles. The van der Waals surface area contributed by atoms with E-state index < -0.39 is 0 Å². The van der Waals surface area contributed by atoms with Gasteiger partial charge in [0.2, 0.25) is 5.91 Å². The first-order chi connectivity index (χ1) is 9.25. The fraction of sp³-hybridized carbons (Fsp3) is 0.714. The lowest BCUT2D eigenvalue weighted by atomic mass is 9.99. The summed E-state index contributed by atoms with van der Waals surface area (Å²) in [6.45, 7) is 3.56. The van der Waals surface area contributed by atoms with Crippen LogP contribution in [-0.4, -0.2) is 28.9 Å². The fourth-order valence-electron chi connectivity index (χ4n) is 2.70. The number of nitrogens with one attached hydrogen (secondary N) is 1. The monoisotopic (exact) mass is 263 g/mol. The molecule has 1 N–H and O–H groups in total. The molecule has 3 rings (SSSR count). The number of amides is 1. The van der Waals surface area contributed by atoms with E-state index in [0.29, 0.717) is 19.3 Å². The molecule has 0 spiro atoms. The molecule has 5 nitrogen and oxygen atoms in total. The zero-order valence-electron chi connectivity index (χ0n) is 11.3. The summed E-state index contributed by atoms with van der Waals surface area (Å²) < 4.78 is 7.24. The van der Waals surface area contributed by atoms with Crippen LogP contribution in [0.25, 0.3) is 0 Å². The molecule has 0 radical (unpaired) electrons. The van der Waals surface area contributed by atoms with Crippen LogP contribution >= 0.6 is 0 Å². The van der Waals surface area contributed by atoms with Gasteiger partial charge < -0.3 is 10.1 Å². The van der Waals surface area contributed by atoms with E-state index in [2.05, 4.69) is 17.3 Å². The maximum absolute atomic E-state index is 12.2. The summed E-state index contributed by atoms with van der Waals surface area (Å²) in [5, 5.41) is 7.38. The smallest absolute Gasteiger partial charge is 0.228 e. The summed E-state index contributed by atoms with van der Waals surface area (Å²) in [6.07, 6.45) is 5.94. The molecule has 2 aliphatic rings. The van der Waals surface area contributed by atoms with Crippen LogP contribution in [0.5, 0.6) is 0 Å². The van der Waals surface area contributed by atoms with E-state index in [0.717, 1.165) is 24.6 Å². The van der Waals surface area contributed by atoms with Crippen LogP contribution in [0.4, 0.5) is 5.82 Å². The second kappa shape index (κ2) is 5.33. The number of nitrogens with zero attached hydrogens (tertiary/aromatic N) is 2. The summed E-state index contributed by atoms with van der Waals surface area (Å²) in [6, 6.07) is 2.26. The van der Waals surface area contributed by atoms with E-state index in [4.69, 9.17) is 4.74 Å². The normalized spacial score (nSPS) is 22.2. The number of carbonyl (C=O) groups excluding carboxylic acids is 1. The highest BCUT2D eigenvalue weighted by Gasteiger charge is 2.31. The molecule has 1 unspecified atom stereocenters. The number of aromatic nitrogens is 2. The van der Waals surface area contributed by atoms with E-state index in [1.165, 1.54) is 12.8 Å². The van der Waals surface area contributed by atoms with Gasteiger partial charge in [-0.05, 0) is 38.5 Å². The zero-order chi connectivity index (χ0) is 13.2. The summed E-state index contributed by atoms with van der Waals surface area (Å²) in [5.74, 6) is 1.73. The van der Waals surface area contributed by atoms with Gasteiger partial charge in [-0.1, -0.05) is 0 Å². The van der Waals surface area contributed by atoms with E-state index >= 15 is 0 Å². The van der Waals surface area contributed by atoms with Gasteiger partial charge in [-0.3, -0.25) is 4.79 Å². The number of anilines is 1. The van der Waals surface area contributed by atoms with Gasteiger partial charge >= 0.3 is 0 Å². The third-order valence-corrected chi connectivity index (χ3v) is 4.20. The van der Waals surface area contributed by atoms with E-state index in [9.17, 15) is 4.79 Å². The average Bonchev–Trinajstić information content (AvgIpc) is 3.19. The molecule has 1 saturated heterocycles. The number of ether oxygens (including phenoxy) is 1. The Bertz CT molecular complexity index is 447.